The number of thiophene rings is 1. The first-order valence-corrected chi connectivity index (χ1v) is 10.8. The summed E-state index contributed by atoms with van der Waals surface area (Å²) in [4.78, 5) is 13.8. The van der Waals surface area contributed by atoms with Crippen LogP contribution in [0.2, 0.25) is 0 Å². The summed E-state index contributed by atoms with van der Waals surface area (Å²) in [5, 5.41) is 7.49. The molecule has 3 aromatic rings. The molecule has 0 saturated heterocycles. The van der Waals surface area contributed by atoms with Crippen LogP contribution >= 0.6 is 23.6 Å². The molecular weight excluding hydrogens is 400 g/mol. The highest BCUT2D eigenvalue weighted by molar-refractivity contribution is 7.80. The van der Waals surface area contributed by atoms with Crippen LogP contribution in [0.3, 0.4) is 0 Å². The fourth-order valence-electron chi connectivity index (χ4n) is 3.07. The van der Waals surface area contributed by atoms with Crippen molar-refractivity contribution in [1.82, 2.24) is 0 Å². The van der Waals surface area contributed by atoms with Gasteiger partial charge in [-0.25, -0.2) is 4.79 Å². The van der Waals surface area contributed by atoms with E-state index in [4.69, 9.17) is 17.0 Å². The number of hydrogen-bond acceptors (Lipinski definition) is 4. The second-order valence-corrected chi connectivity index (χ2v) is 8.09. The smallest absolute Gasteiger partial charge is 0.341 e. The minimum Gasteiger partial charge on any atom is -0.462 e. The van der Waals surface area contributed by atoms with Crippen LogP contribution in [0.1, 0.15) is 34.6 Å². The molecule has 0 aliphatic heterocycles. The van der Waals surface area contributed by atoms with Gasteiger partial charge in [-0.1, -0.05) is 49.4 Å². The Hall–Kier alpha value is -2.70. The molecule has 1 heterocycles. The third-order valence-corrected chi connectivity index (χ3v) is 5.70. The molecule has 29 heavy (non-hydrogen) atoms. The Morgan fingerprint density at radius 3 is 2.34 bits per heavy atom. The van der Waals surface area contributed by atoms with Crippen LogP contribution in [0.5, 0.6) is 0 Å². The number of carbonyl (C=O) groups excluding carboxylic acids is 1. The number of esters is 1. The van der Waals surface area contributed by atoms with Gasteiger partial charge in [0, 0.05) is 16.1 Å². The van der Waals surface area contributed by atoms with Crippen molar-refractivity contribution in [3.05, 3.63) is 70.6 Å². The summed E-state index contributed by atoms with van der Waals surface area (Å²) in [6, 6.07) is 18.0. The zero-order valence-electron chi connectivity index (χ0n) is 16.7. The number of thiocarbonyl (C=S) groups is 1. The summed E-state index contributed by atoms with van der Waals surface area (Å²) in [6.45, 7) is 6.24. The Morgan fingerprint density at radius 2 is 1.72 bits per heavy atom. The van der Waals surface area contributed by atoms with E-state index in [1.165, 1.54) is 16.9 Å². The number of aryl methyl sites for hydroxylation is 2. The van der Waals surface area contributed by atoms with Crippen LogP contribution in [0.15, 0.2) is 54.6 Å². The van der Waals surface area contributed by atoms with Crippen LogP contribution in [-0.4, -0.2) is 17.7 Å². The molecule has 0 bridgehead atoms. The summed E-state index contributed by atoms with van der Waals surface area (Å²) in [5.74, 6) is -0.353. The molecule has 0 aliphatic carbocycles. The molecule has 0 atom stereocenters. The summed E-state index contributed by atoms with van der Waals surface area (Å²) in [7, 11) is 0. The fraction of sp³-hybridized carbons (Fsp3) is 0.217. The van der Waals surface area contributed by atoms with Crippen molar-refractivity contribution in [3.63, 3.8) is 0 Å². The predicted molar refractivity (Wildman–Crippen MR) is 126 cm³/mol. The first-order valence-electron chi connectivity index (χ1n) is 9.56. The van der Waals surface area contributed by atoms with E-state index < -0.39 is 0 Å². The molecule has 2 aromatic carbocycles. The first-order chi connectivity index (χ1) is 14.0. The van der Waals surface area contributed by atoms with Gasteiger partial charge < -0.3 is 15.4 Å². The SMILES string of the molecule is CCOC(=O)c1c(NC(=S)Nc2ccc(CC)cc2)sc(C)c1-c1ccccc1. The normalized spacial score (nSPS) is 10.4. The van der Waals surface area contributed by atoms with Crippen LogP contribution in [0.4, 0.5) is 10.7 Å². The van der Waals surface area contributed by atoms with E-state index in [0.29, 0.717) is 22.3 Å². The number of rotatable bonds is 6. The fourth-order valence-corrected chi connectivity index (χ4v) is 4.43. The van der Waals surface area contributed by atoms with Crippen LogP contribution in [-0.2, 0) is 11.2 Å². The average Bonchev–Trinajstić information content (AvgIpc) is 3.05. The van der Waals surface area contributed by atoms with Gasteiger partial charge in [0.2, 0.25) is 0 Å². The standard InChI is InChI=1S/C23H24N2O2S2/c1-4-16-11-13-18(14-12-16)24-23(28)25-21-20(22(26)27-5-2)19(15(3)29-21)17-9-7-6-8-10-17/h6-14H,4-5H2,1-3H3,(H2,24,25,28). The molecule has 1 aromatic heterocycles. The van der Waals surface area contributed by atoms with Crippen molar-refractivity contribution in [2.45, 2.75) is 27.2 Å². The van der Waals surface area contributed by atoms with E-state index in [1.54, 1.807) is 6.92 Å². The lowest BCUT2D eigenvalue weighted by molar-refractivity contribution is 0.0529. The summed E-state index contributed by atoms with van der Waals surface area (Å²) < 4.78 is 5.33. The second-order valence-electron chi connectivity index (χ2n) is 6.45. The van der Waals surface area contributed by atoms with Gasteiger partial charge in [0.05, 0.1) is 6.61 Å². The monoisotopic (exact) mass is 424 g/mol. The van der Waals surface area contributed by atoms with Crippen molar-refractivity contribution >= 4 is 45.3 Å². The molecule has 2 N–H and O–H groups in total. The van der Waals surface area contributed by atoms with Gasteiger partial charge in [-0.2, -0.15) is 0 Å². The number of benzene rings is 2. The summed E-state index contributed by atoms with van der Waals surface area (Å²) >= 11 is 6.99. The van der Waals surface area contributed by atoms with Crippen molar-refractivity contribution < 1.29 is 9.53 Å². The molecule has 6 heteroatoms. The lowest BCUT2D eigenvalue weighted by Gasteiger charge is -2.12. The number of nitrogens with one attached hydrogen (secondary N) is 2. The first kappa shape index (κ1) is 21.0. The molecule has 0 fully saturated rings. The summed E-state index contributed by atoms with van der Waals surface area (Å²) in [6.07, 6.45) is 0.989. The highest BCUT2D eigenvalue weighted by Crippen LogP contribution is 2.40. The Balaban J connectivity index is 1.89. The van der Waals surface area contributed by atoms with Crippen molar-refractivity contribution in [3.8, 4) is 11.1 Å². The number of anilines is 2. The number of ether oxygens (including phenoxy) is 1. The summed E-state index contributed by atoms with van der Waals surface area (Å²) in [5.41, 5.74) is 4.54. The second kappa shape index (κ2) is 9.67. The molecular formula is C23H24N2O2S2. The molecule has 0 saturated carbocycles. The van der Waals surface area contributed by atoms with E-state index in [1.807, 2.05) is 49.4 Å². The maximum Gasteiger partial charge on any atom is 0.341 e. The zero-order valence-corrected chi connectivity index (χ0v) is 18.4. The molecule has 0 unspecified atom stereocenters. The molecule has 0 spiro atoms. The van der Waals surface area contributed by atoms with E-state index in [9.17, 15) is 4.79 Å². The van der Waals surface area contributed by atoms with Crippen molar-refractivity contribution in [2.24, 2.45) is 0 Å². The van der Waals surface area contributed by atoms with Crippen LogP contribution in [0.25, 0.3) is 11.1 Å². The quantitative estimate of drug-likeness (QED) is 0.361. The molecule has 0 radical (unpaired) electrons. The van der Waals surface area contributed by atoms with Gasteiger partial charge in [-0.15, -0.1) is 11.3 Å². The van der Waals surface area contributed by atoms with E-state index in [-0.39, 0.29) is 5.97 Å². The third kappa shape index (κ3) is 5.02. The predicted octanol–water partition coefficient (Wildman–Crippen LogP) is 6.27. The molecule has 150 valence electrons. The molecule has 4 nitrogen and oxygen atoms in total. The van der Waals surface area contributed by atoms with Gasteiger partial charge in [0.25, 0.3) is 0 Å². The highest BCUT2D eigenvalue weighted by Gasteiger charge is 2.24. The van der Waals surface area contributed by atoms with E-state index in [2.05, 4.69) is 29.7 Å². The molecule has 0 aliphatic rings. The Labute approximate surface area is 180 Å². The minimum atomic E-state index is -0.353. The minimum absolute atomic E-state index is 0.313. The zero-order chi connectivity index (χ0) is 20.8. The van der Waals surface area contributed by atoms with Gasteiger partial charge in [-0.3, -0.25) is 0 Å². The van der Waals surface area contributed by atoms with E-state index in [0.717, 1.165) is 28.1 Å². The Morgan fingerprint density at radius 1 is 1.03 bits per heavy atom. The maximum absolute atomic E-state index is 12.8. The third-order valence-electron chi connectivity index (χ3n) is 4.47. The van der Waals surface area contributed by atoms with Gasteiger partial charge >= 0.3 is 5.97 Å². The largest absolute Gasteiger partial charge is 0.462 e. The number of carbonyl (C=O) groups is 1. The van der Waals surface area contributed by atoms with Gasteiger partial charge in [-0.05, 0) is 55.7 Å². The van der Waals surface area contributed by atoms with Crippen molar-refractivity contribution in [1.29, 1.82) is 0 Å². The average molecular weight is 425 g/mol. The van der Waals surface area contributed by atoms with Crippen molar-refractivity contribution in [2.75, 3.05) is 17.2 Å². The topological polar surface area (TPSA) is 50.4 Å². The highest BCUT2D eigenvalue weighted by atomic mass is 32.1. The molecule has 3 rings (SSSR count). The molecule has 0 amide bonds. The van der Waals surface area contributed by atoms with Crippen LogP contribution in [0, 0.1) is 6.92 Å². The Kier molecular flexibility index (Phi) is 7.01. The number of hydrogen-bond donors (Lipinski definition) is 2. The lowest BCUT2D eigenvalue weighted by Crippen LogP contribution is -2.20. The Bertz CT molecular complexity index is 996. The van der Waals surface area contributed by atoms with E-state index >= 15 is 0 Å². The maximum atomic E-state index is 12.8. The lowest BCUT2D eigenvalue weighted by atomic mass is 10.0. The van der Waals surface area contributed by atoms with Gasteiger partial charge in [0.1, 0.15) is 10.6 Å². The van der Waals surface area contributed by atoms with Gasteiger partial charge in [0.15, 0.2) is 5.11 Å². The van der Waals surface area contributed by atoms with Crippen LogP contribution < -0.4 is 10.6 Å².